The van der Waals surface area contributed by atoms with Crippen LogP contribution in [0.15, 0.2) is 30.3 Å². The van der Waals surface area contributed by atoms with Gasteiger partial charge in [-0.15, -0.1) is 0 Å². The van der Waals surface area contributed by atoms with Crippen LogP contribution in [-0.4, -0.2) is 28.7 Å². The van der Waals surface area contributed by atoms with Gasteiger partial charge < -0.3 is 4.90 Å². The number of piperidine rings is 1. The molecule has 1 aliphatic heterocycles. The van der Waals surface area contributed by atoms with Crippen molar-refractivity contribution in [2.24, 2.45) is 0 Å². The van der Waals surface area contributed by atoms with Gasteiger partial charge in [0.1, 0.15) is 0 Å². The average Bonchev–Trinajstić information content (AvgIpc) is 2.29. The maximum absolute atomic E-state index is 12.1. The highest BCUT2D eigenvalue weighted by atomic mass is 79.9. The van der Waals surface area contributed by atoms with Crippen LogP contribution in [0.4, 0.5) is 0 Å². The van der Waals surface area contributed by atoms with Gasteiger partial charge in [-0.2, -0.15) is 0 Å². The van der Waals surface area contributed by atoms with E-state index in [1.807, 2.05) is 35.2 Å². The molecule has 1 aliphatic rings. The Hall–Kier alpha value is -0.830. The first kappa shape index (κ1) is 10.7. The summed E-state index contributed by atoms with van der Waals surface area (Å²) in [5, 5.41) is 0. The summed E-state index contributed by atoms with van der Waals surface area (Å²) in [5.41, 5.74) is 0.791. The molecule has 0 aliphatic carbocycles. The van der Waals surface area contributed by atoms with Crippen LogP contribution in [0.1, 0.15) is 23.2 Å². The van der Waals surface area contributed by atoms with Crippen molar-refractivity contribution in [2.75, 3.05) is 13.1 Å². The van der Waals surface area contributed by atoms with Gasteiger partial charge in [0.05, 0.1) is 0 Å². The van der Waals surface area contributed by atoms with E-state index in [0.717, 1.165) is 25.1 Å². The van der Waals surface area contributed by atoms with Gasteiger partial charge in [0, 0.05) is 23.5 Å². The molecular weight excluding hydrogens is 254 g/mol. The molecule has 1 amide bonds. The lowest BCUT2D eigenvalue weighted by molar-refractivity contribution is 0.0730. The van der Waals surface area contributed by atoms with E-state index in [0.29, 0.717) is 4.83 Å². The zero-order valence-electron chi connectivity index (χ0n) is 8.53. The fraction of sp³-hybridized carbons (Fsp3) is 0.417. The third kappa shape index (κ3) is 2.59. The van der Waals surface area contributed by atoms with Gasteiger partial charge in [-0.3, -0.25) is 4.79 Å². The molecule has 2 nitrogen and oxygen atoms in total. The standard InChI is InChI=1S/C12H14BrNO/c13-11-7-4-8-14(9-11)12(15)10-5-2-1-3-6-10/h1-3,5-6,11H,4,7-9H2. The Kier molecular flexibility index (Phi) is 3.41. The van der Waals surface area contributed by atoms with Crippen molar-refractivity contribution in [3.63, 3.8) is 0 Å². The van der Waals surface area contributed by atoms with Crippen molar-refractivity contribution in [1.82, 2.24) is 4.90 Å². The van der Waals surface area contributed by atoms with Gasteiger partial charge in [-0.1, -0.05) is 34.1 Å². The lowest BCUT2D eigenvalue weighted by Crippen LogP contribution is -2.40. The molecule has 0 saturated carbocycles. The summed E-state index contributed by atoms with van der Waals surface area (Å²) in [4.78, 5) is 14.4. The Labute approximate surface area is 98.4 Å². The lowest BCUT2D eigenvalue weighted by atomic mass is 10.1. The summed E-state index contributed by atoms with van der Waals surface area (Å²) in [5.74, 6) is 0.153. The van der Waals surface area contributed by atoms with Crippen molar-refractivity contribution < 1.29 is 4.79 Å². The first-order valence-corrected chi connectivity index (χ1v) is 6.17. The first-order chi connectivity index (χ1) is 7.27. The Morgan fingerprint density at radius 3 is 2.73 bits per heavy atom. The van der Waals surface area contributed by atoms with E-state index >= 15 is 0 Å². The van der Waals surface area contributed by atoms with E-state index in [9.17, 15) is 4.79 Å². The number of alkyl halides is 1. The average molecular weight is 268 g/mol. The molecule has 0 N–H and O–H groups in total. The molecule has 0 spiro atoms. The van der Waals surface area contributed by atoms with Crippen LogP contribution in [0.2, 0.25) is 0 Å². The van der Waals surface area contributed by atoms with Gasteiger partial charge in [0.15, 0.2) is 0 Å². The molecule has 1 atom stereocenters. The monoisotopic (exact) mass is 267 g/mol. The van der Waals surface area contributed by atoms with Crippen molar-refractivity contribution in [3.8, 4) is 0 Å². The Bertz CT molecular complexity index is 339. The molecule has 1 heterocycles. The van der Waals surface area contributed by atoms with Crippen LogP contribution in [0.3, 0.4) is 0 Å². The first-order valence-electron chi connectivity index (χ1n) is 5.26. The summed E-state index contributed by atoms with van der Waals surface area (Å²) in [7, 11) is 0. The molecular formula is C12H14BrNO. The van der Waals surface area contributed by atoms with E-state index in [2.05, 4.69) is 15.9 Å². The van der Waals surface area contributed by atoms with Gasteiger partial charge in [0.25, 0.3) is 5.91 Å². The topological polar surface area (TPSA) is 20.3 Å². The molecule has 15 heavy (non-hydrogen) atoms. The molecule has 1 fully saturated rings. The molecule has 2 rings (SSSR count). The number of nitrogens with zero attached hydrogens (tertiary/aromatic N) is 1. The molecule has 0 bridgehead atoms. The number of hydrogen-bond donors (Lipinski definition) is 0. The minimum atomic E-state index is 0.153. The number of benzene rings is 1. The van der Waals surface area contributed by atoms with E-state index in [-0.39, 0.29) is 5.91 Å². The number of halogens is 1. The van der Waals surface area contributed by atoms with Gasteiger partial charge in [-0.05, 0) is 25.0 Å². The normalized spacial score (nSPS) is 21.4. The molecule has 1 unspecified atom stereocenters. The second-order valence-corrected chi connectivity index (χ2v) is 5.15. The summed E-state index contributed by atoms with van der Waals surface area (Å²) in [6, 6.07) is 9.49. The summed E-state index contributed by atoms with van der Waals surface area (Å²) in [6.45, 7) is 1.71. The van der Waals surface area contributed by atoms with Gasteiger partial charge in [0.2, 0.25) is 0 Å². The van der Waals surface area contributed by atoms with Crippen molar-refractivity contribution in [2.45, 2.75) is 17.7 Å². The third-order valence-electron chi connectivity index (χ3n) is 2.67. The zero-order chi connectivity index (χ0) is 10.7. The number of amides is 1. The number of likely N-dealkylation sites (tertiary alicyclic amines) is 1. The van der Waals surface area contributed by atoms with E-state index in [4.69, 9.17) is 0 Å². The zero-order valence-corrected chi connectivity index (χ0v) is 10.1. The molecule has 1 aromatic rings. The second kappa shape index (κ2) is 4.79. The van der Waals surface area contributed by atoms with Crippen molar-refractivity contribution in [3.05, 3.63) is 35.9 Å². The van der Waals surface area contributed by atoms with Crippen LogP contribution < -0.4 is 0 Å². The highest BCUT2D eigenvalue weighted by molar-refractivity contribution is 9.09. The number of hydrogen-bond acceptors (Lipinski definition) is 1. The smallest absolute Gasteiger partial charge is 0.253 e. The van der Waals surface area contributed by atoms with Crippen LogP contribution in [0.25, 0.3) is 0 Å². The van der Waals surface area contributed by atoms with Crippen LogP contribution in [0, 0.1) is 0 Å². The SMILES string of the molecule is O=C(c1ccccc1)N1CCCC(Br)C1. The number of carbonyl (C=O) groups excluding carboxylic acids is 1. The molecule has 0 aromatic heterocycles. The molecule has 80 valence electrons. The number of rotatable bonds is 1. The van der Waals surface area contributed by atoms with E-state index in [1.54, 1.807) is 0 Å². The highest BCUT2D eigenvalue weighted by Gasteiger charge is 2.22. The van der Waals surface area contributed by atoms with Crippen LogP contribution in [-0.2, 0) is 0 Å². The lowest BCUT2D eigenvalue weighted by Gasteiger charge is -2.30. The predicted molar refractivity (Wildman–Crippen MR) is 64.3 cm³/mol. The fourth-order valence-corrected chi connectivity index (χ4v) is 2.55. The Balaban J connectivity index is 2.08. The maximum atomic E-state index is 12.1. The largest absolute Gasteiger partial charge is 0.338 e. The predicted octanol–water partition coefficient (Wildman–Crippen LogP) is 2.69. The van der Waals surface area contributed by atoms with E-state index in [1.165, 1.54) is 6.42 Å². The second-order valence-electron chi connectivity index (χ2n) is 3.86. The van der Waals surface area contributed by atoms with Gasteiger partial charge in [-0.25, -0.2) is 0 Å². The minimum Gasteiger partial charge on any atom is -0.338 e. The maximum Gasteiger partial charge on any atom is 0.253 e. The molecule has 1 aromatic carbocycles. The summed E-state index contributed by atoms with van der Waals surface area (Å²) >= 11 is 3.58. The quantitative estimate of drug-likeness (QED) is 0.717. The van der Waals surface area contributed by atoms with Crippen molar-refractivity contribution >= 4 is 21.8 Å². The highest BCUT2D eigenvalue weighted by Crippen LogP contribution is 2.18. The summed E-state index contributed by atoms with van der Waals surface area (Å²) < 4.78 is 0. The number of carbonyl (C=O) groups is 1. The molecule has 0 radical (unpaired) electrons. The van der Waals surface area contributed by atoms with Crippen LogP contribution >= 0.6 is 15.9 Å². The summed E-state index contributed by atoms with van der Waals surface area (Å²) in [6.07, 6.45) is 2.26. The Morgan fingerprint density at radius 1 is 1.33 bits per heavy atom. The third-order valence-corrected chi connectivity index (χ3v) is 3.42. The minimum absolute atomic E-state index is 0.153. The van der Waals surface area contributed by atoms with Crippen LogP contribution in [0.5, 0.6) is 0 Å². The van der Waals surface area contributed by atoms with Crippen molar-refractivity contribution in [1.29, 1.82) is 0 Å². The van der Waals surface area contributed by atoms with E-state index < -0.39 is 0 Å². The van der Waals surface area contributed by atoms with Gasteiger partial charge >= 0.3 is 0 Å². The molecule has 1 saturated heterocycles. The Morgan fingerprint density at radius 2 is 2.07 bits per heavy atom. The molecule has 3 heteroatoms. The fourth-order valence-electron chi connectivity index (χ4n) is 1.87.